The minimum atomic E-state index is -1.08. The van der Waals surface area contributed by atoms with E-state index in [0.717, 1.165) is 32.1 Å². The molecule has 0 aromatic carbocycles. The Morgan fingerprint density at radius 2 is 1.56 bits per heavy atom. The standard InChI is InChI=1S/C30H48O6/c1-25(2)9-11-30(24(35)36)12-10-28(5)17(18(30)13-25)7-8-21-26(3)14-20(33)23(34)27(4,16-31)22(26)19(32)15-29(21,28)6/h7,18-23,31-34H,8-16H2,1-6H3,(H,35,36)/t18-,19-,20-,21-,22?,23+,26-,27+,28-,29-,30+/m1/s1. The zero-order valence-electron chi connectivity index (χ0n) is 23.0. The number of carboxylic acids is 1. The SMILES string of the molecule is CC1(C)CC[C@]2(C(=O)O)CC[C@]3(C)C(=CC[C@@H]4[C@@]5(C)C[C@@H](O)[C@H](O)[C@@](C)(CO)C5[C@H](O)C[C@]43C)[C@H]2C1. The van der Waals surface area contributed by atoms with E-state index in [1.807, 2.05) is 6.92 Å². The van der Waals surface area contributed by atoms with Gasteiger partial charge < -0.3 is 25.5 Å². The Hall–Kier alpha value is -0.950. The fourth-order valence-corrected chi connectivity index (χ4v) is 10.9. The second-order valence-corrected chi connectivity index (χ2v) is 15.2. The van der Waals surface area contributed by atoms with Crippen LogP contribution < -0.4 is 0 Å². The summed E-state index contributed by atoms with van der Waals surface area (Å²) in [7, 11) is 0. The first kappa shape index (κ1) is 26.6. The first-order chi connectivity index (χ1) is 16.5. The van der Waals surface area contributed by atoms with Crippen molar-refractivity contribution in [3.63, 3.8) is 0 Å². The number of fused-ring (bicyclic) bond motifs is 7. The number of aliphatic hydroxyl groups is 4. The highest BCUT2D eigenvalue weighted by Crippen LogP contribution is 2.75. The molecular weight excluding hydrogens is 456 g/mol. The zero-order chi connectivity index (χ0) is 26.7. The highest BCUT2D eigenvalue weighted by Gasteiger charge is 2.72. The van der Waals surface area contributed by atoms with Crippen molar-refractivity contribution in [2.24, 2.45) is 50.2 Å². The van der Waals surface area contributed by atoms with Crippen molar-refractivity contribution in [1.82, 2.24) is 0 Å². The van der Waals surface area contributed by atoms with Crippen LogP contribution in [0.1, 0.15) is 92.9 Å². The van der Waals surface area contributed by atoms with Gasteiger partial charge in [0, 0.05) is 11.3 Å². The largest absolute Gasteiger partial charge is 0.481 e. The lowest BCUT2D eigenvalue weighted by Gasteiger charge is -2.72. The molecule has 0 amide bonds. The van der Waals surface area contributed by atoms with Crippen LogP contribution in [0.5, 0.6) is 0 Å². The molecule has 0 saturated heterocycles. The third kappa shape index (κ3) is 3.08. The average Bonchev–Trinajstić information content (AvgIpc) is 2.77. The molecule has 6 nitrogen and oxygen atoms in total. The van der Waals surface area contributed by atoms with Gasteiger partial charge in [0.25, 0.3) is 0 Å². The van der Waals surface area contributed by atoms with Crippen LogP contribution in [-0.4, -0.2) is 56.4 Å². The van der Waals surface area contributed by atoms with E-state index in [2.05, 4.69) is 40.7 Å². The first-order valence-corrected chi connectivity index (χ1v) is 14.1. The summed E-state index contributed by atoms with van der Waals surface area (Å²) in [5.41, 5.74) is -1.32. The summed E-state index contributed by atoms with van der Waals surface area (Å²) >= 11 is 0. The van der Waals surface area contributed by atoms with E-state index in [-0.39, 0.29) is 40.6 Å². The number of hydrogen-bond donors (Lipinski definition) is 5. The van der Waals surface area contributed by atoms with Gasteiger partial charge in [-0.25, -0.2) is 0 Å². The van der Waals surface area contributed by atoms with Crippen molar-refractivity contribution in [1.29, 1.82) is 0 Å². The topological polar surface area (TPSA) is 118 Å². The number of aliphatic hydroxyl groups excluding tert-OH is 4. The van der Waals surface area contributed by atoms with Gasteiger partial charge in [-0.2, -0.15) is 0 Å². The summed E-state index contributed by atoms with van der Waals surface area (Å²) in [5, 5.41) is 54.6. The van der Waals surface area contributed by atoms with Gasteiger partial charge in [-0.1, -0.05) is 53.2 Å². The Morgan fingerprint density at radius 1 is 0.917 bits per heavy atom. The fourth-order valence-electron chi connectivity index (χ4n) is 10.9. The number of hydrogen-bond acceptors (Lipinski definition) is 5. The van der Waals surface area contributed by atoms with Crippen molar-refractivity contribution in [3.05, 3.63) is 11.6 Å². The molecule has 204 valence electrons. The van der Waals surface area contributed by atoms with Gasteiger partial charge in [-0.15, -0.1) is 0 Å². The Labute approximate surface area is 216 Å². The van der Waals surface area contributed by atoms with Crippen LogP contribution in [0.4, 0.5) is 0 Å². The predicted octanol–water partition coefficient (Wildman–Crippen LogP) is 4.15. The molecule has 0 radical (unpaired) electrons. The first-order valence-electron chi connectivity index (χ1n) is 14.1. The molecular formula is C30H48O6. The minimum Gasteiger partial charge on any atom is -0.481 e. The number of carboxylic acid groups (broad SMARTS) is 1. The van der Waals surface area contributed by atoms with Gasteiger partial charge in [0.2, 0.25) is 0 Å². The maximum Gasteiger partial charge on any atom is 0.310 e. The number of aliphatic carboxylic acids is 1. The normalized spacial score (nSPS) is 55.9. The fraction of sp³-hybridized carbons (Fsp3) is 0.900. The number of allylic oxidation sites excluding steroid dienone is 2. The van der Waals surface area contributed by atoms with E-state index in [9.17, 15) is 30.3 Å². The van der Waals surface area contributed by atoms with E-state index in [4.69, 9.17) is 0 Å². The highest BCUT2D eigenvalue weighted by molar-refractivity contribution is 5.76. The lowest BCUT2D eigenvalue weighted by molar-refractivity contribution is -0.273. The van der Waals surface area contributed by atoms with E-state index < -0.39 is 40.5 Å². The van der Waals surface area contributed by atoms with Gasteiger partial charge in [-0.05, 0) is 84.9 Å². The smallest absolute Gasteiger partial charge is 0.310 e. The molecule has 4 fully saturated rings. The molecule has 0 aliphatic heterocycles. The average molecular weight is 505 g/mol. The second kappa shape index (κ2) is 7.80. The second-order valence-electron chi connectivity index (χ2n) is 15.2. The van der Waals surface area contributed by atoms with Crippen LogP contribution in [0.15, 0.2) is 11.6 Å². The van der Waals surface area contributed by atoms with Crippen molar-refractivity contribution >= 4 is 5.97 Å². The molecule has 0 aromatic rings. The maximum atomic E-state index is 12.8. The van der Waals surface area contributed by atoms with E-state index >= 15 is 0 Å². The van der Waals surface area contributed by atoms with Crippen molar-refractivity contribution in [3.8, 4) is 0 Å². The summed E-state index contributed by atoms with van der Waals surface area (Å²) in [6.45, 7) is 12.8. The Morgan fingerprint density at radius 3 is 2.17 bits per heavy atom. The molecule has 36 heavy (non-hydrogen) atoms. The molecule has 0 spiro atoms. The molecule has 5 N–H and O–H groups in total. The van der Waals surface area contributed by atoms with Crippen LogP contribution in [-0.2, 0) is 4.79 Å². The number of carbonyl (C=O) groups is 1. The van der Waals surface area contributed by atoms with E-state index in [1.165, 1.54) is 5.57 Å². The highest BCUT2D eigenvalue weighted by atomic mass is 16.4. The van der Waals surface area contributed by atoms with Crippen LogP contribution in [0, 0.1) is 50.2 Å². The zero-order valence-corrected chi connectivity index (χ0v) is 23.0. The van der Waals surface area contributed by atoms with Crippen LogP contribution >= 0.6 is 0 Å². The van der Waals surface area contributed by atoms with Crippen LogP contribution in [0.25, 0.3) is 0 Å². The molecule has 0 aromatic heterocycles. The van der Waals surface area contributed by atoms with Gasteiger partial charge in [0.15, 0.2) is 0 Å². The number of rotatable bonds is 2. The summed E-state index contributed by atoms with van der Waals surface area (Å²) in [6.07, 6.45) is 5.27. The van der Waals surface area contributed by atoms with Crippen LogP contribution in [0.2, 0.25) is 0 Å². The lowest BCUT2D eigenvalue weighted by Crippen LogP contribution is -2.71. The molecule has 11 atom stereocenters. The van der Waals surface area contributed by atoms with Crippen molar-refractivity contribution < 1.29 is 30.3 Å². The van der Waals surface area contributed by atoms with Crippen molar-refractivity contribution in [2.75, 3.05) is 6.61 Å². The third-order valence-electron chi connectivity index (χ3n) is 13.0. The summed E-state index contributed by atoms with van der Waals surface area (Å²) in [4.78, 5) is 12.8. The monoisotopic (exact) mass is 504 g/mol. The molecule has 0 heterocycles. The molecule has 5 rings (SSSR count). The molecule has 5 aliphatic rings. The minimum absolute atomic E-state index is 0.000534. The molecule has 6 heteroatoms. The molecule has 0 bridgehead atoms. The van der Waals surface area contributed by atoms with Crippen molar-refractivity contribution in [2.45, 2.75) is 111 Å². The third-order valence-corrected chi connectivity index (χ3v) is 13.0. The lowest BCUT2D eigenvalue weighted by atomic mass is 9.33. The summed E-state index contributed by atoms with van der Waals surface area (Å²) in [6, 6.07) is 0. The quantitative estimate of drug-likeness (QED) is 0.361. The predicted molar refractivity (Wildman–Crippen MR) is 137 cm³/mol. The van der Waals surface area contributed by atoms with E-state index in [0.29, 0.717) is 19.3 Å². The summed E-state index contributed by atoms with van der Waals surface area (Å²) in [5.74, 6) is -0.842. The maximum absolute atomic E-state index is 12.8. The molecule has 4 saturated carbocycles. The Bertz CT molecular complexity index is 974. The van der Waals surface area contributed by atoms with E-state index in [1.54, 1.807) is 0 Å². The van der Waals surface area contributed by atoms with Crippen LogP contribution in [0.3, 0.4) is 0 Å². The summed E-state index contributed by atoms with van der Waals surface area (Å²) < 4.78 is 0. The van der Waals surface area contributed by atoms with Gasteiger partial charge in [-0.3, -0.25) is 4.79 Å². The molecule has 5 aliphatic carbocycles. The van der Waals surface area contributed by atoms with Gasteiger partial charge >= 0.3 is 5.97 Å². The van der Waals surface area contributed by atoms with Gasteiger partial charge in [0.05, 0.1) is 30.3 Å². The Balaban J connectivity index is 1.64. The molecule has 1 unspecified atom stereocenters. The Kier molecular flexibility index (Phi) is 5.77. The van der Waals surface area contributed by atoms with Gasteiger partial charge in [0.1, 0.15) is 0 Å².